The molecule has 0 N–H and O–H groups in total. The van der Waals surface area contributed by atoms with Gasteiger partial charge in [0.05, 0.1) is 32.5 Å². The van der Waals surface area contributed by atoms with Crippen LogP contribution < -0.4 is 9.47 Å². The number of carbonyl (C=O) groups excluding carboxylic acids is 1. The summed E-state index contributed by atoms with van der Waals surface area (Å²) in [6, 6.07) is 12.0. The van der Waals surface area contributed by atoms with E-state index in [1.165, 1.54) is 17.5 Å². The maximum Gasteiger partial charge on any atom is 0.257 e. The van der Waals surface area contributed by atoms with Crippen molar-refractivity contribution in [3.05, 3.63) is 58.7 Å². The lowest BCUT2D eigenvalue weighted by molar-refractivity contribution is -0.134. The zero-order valence-corrected chi connectivity index (χ0v) is 19.6. The van der Waals surface area contributed by atoms with Crippen LogP contribution in [0.4, 0.5) is 0 Å². The number of piperidine rings is 1. The van der Waals surface area contributed by atoms with Crippen LogP contribution in [-0.4, -0.2) is 55.4 Å². The molecule has 2 aliphatic heterocycles. The lowest BCUT2D eigenvalue weighted by Gasteiger charge is -2.29. The number of benzene rings is 2. The number of ether oxygens (including phenoxy) is 2. The van der Waals surface area contributed by atoms with E-state index in [0.717, 1.165) is 48.5 Å². The number of amides is 1. The minimum Gasteiger partial charge on any atom is -0.497 e. The Balaban J connectivity index is 1.68. The molecule has 4 rings (SSSR count). The summed E-state index contributed by atoms with van der Waals surface area (Å²) in [6.07, 6.45) is 4.22. The molecule has 6 heteroatoms. The predicted octanol–water partition coefficient (Wildman–Crippen LogP) is 4.48. The Morgan fingerprint density at radius 1 is 1.03 bits per heavy atom. The number of methoxy groups -OCH3 is 2. The second kappa shape index (κ2) is 9.74. The Morgan fingerprint density at radius 2 is 1.81 bits per heavy atom. The summed E-state index contributed by atoms with van der Waals surface area (Å²) in [7, 11) is 3.29. The third kappa shape index (κ3) is 4.65. The van der Waals surface area contributed by atoms with E-state index >= 15 is 0 Å². The molecule has 0 bridgehead atoms. The third-order valence-electron chi connectivity index (χ3n) is 6.48. The van der Waals surface area contributed by atoms with E-state index in [9.17, 15) is 4.79 Å². The van der Waals surface area contributed by atoms with Crippen molar-refractivity contribution in [1.82, 2.24) is 9.91 Å². The van der Waals surface area contributed by atoms with Crippen LogP contribution in [0, 0.1) is 13.8 Å². The highest BCUT2D eigenvalue weighted by atomic mass is 16.5. The number of likely N-dealkylation sites (tertiary alicyclic amines) is 1. The number of hydrogen-bond donors (Lipinski definition) is 0. The maximum atomic E-state index is 13.4. The van der Waals surface area contributed by atoms with E-state index in [-0.39, 0.29) is 11.9 Å². The summed E-state index contributed by atoms with van der Waals surface area (Å²) >= 11 is 0. The molecular formula is C26H33N3O3. The van der Waals surface area contributed by atoms with Crippen LogP contribution in [-0.2, 0) is 4.79 Å². The molecule has 1 saturated heterocycles. The van der Waals surface area contributed by atoms with Gasteiger partial charge in [0.1, 0.15) is 11.5 Å². The zero-order chi connectivity index (χ0) is 22.7. The topological polar surface area (TPSA) is 54.4 Å². The van der Waals surface area contributed by atoms with Crippen LogP contribution in [0.3, 0.4) is 0 Å². The normalized spacial score (nSPS) is 19.1. The molecule has 2 aromatic rings. The van der Waals surface area contributed by atoms with Crippen molar-refractivity contribution in [1.29, 1.82) is 0 Å². The average Bonchev–Trinajstić information content (AvgIpc) is 3.24. The van der Waals surface area contributed by atoms with Crippen molar-refractivity contribution in [2.24, 2.45) is 5.10 Å². The highest BCUT2D eigenvalue weighted by Crippen LogP contribution is 2.37. The molecule has 0 aliphatic carbocycles. The van der Waals surface area contributed by atoms with Crippen molar-refractivity contribution in [2.45, 2.75) is 45.6 Å². The van der Waals surface area contributed by atoms with Gasteiger partial charge in [0, 0.05) is 18.1 Å². The van der Waals surface area contributed by atoms with E-state index < -0.39 is 0 Å². The predicted molar refractivity (Wildman–Crippen MR) is 126 cm³/mol. The molecule has 32 heavy (non-hydrogen) atoms. The summed E-state index contributed by atoms with van der Waals surface area (Å²) < 4.78 is 11.0. The van der Waals surface area contributed by atoms with Gasteiger partial charge in [-0.05, 0) is 63.0 Å². The number of carbonyl (C=O) groups is 1. The van der Waals surface area contributed by atoms with E-state index in [1.807, 2.05) is 18.2 Å². The molecule has 0 spiro atoms. The van der Waals surface area contributed by atoms with Gasteiger partial charge in [-0.2, -0.15) is 5.10 Å². The summed E-state index contributed by atoms with van der Waals surface area (Å²) in [5.74, 6) is 1.49. The Bertz CT molecular complexity index is 1010. The molecule has 2 aliphatic rings. The van der Waals surface area contributed by atoms with Crippen molar-refractivity contribution >= 4 is 11.6 Å². The first-order chi connectivity index (χ1) is 15.5. The quantitative estimate of drug-likeness (QED) is 0.671. The smallest absolute Gasteiger partial charge is 0.257 e. The molecule has 6 nitrogen and oxygen atoms in total. The van der Waals surface area contributed by atoms with Gasteiger partial charge >= 0.3 is 0 Å². The largest absolute Gasteiger partial charge is 0.497 e. The van der Waals surface area contributed by atoms with Gasteiger partial charge in [0.25, 0.3) is 5.91 Å². The molecule has 0 unspecified atom stereocenters. The molecule has 2 aromatic carbocycles. The molecule has 1 fully saturated rings. The summed E-state index contributed by atoms with van der Waals surface area (Å²) in [6.45, 7) is 6.59. The van der Waals surface area contributed by atoms with Gasteiger partial charge in [-0.3, -0.25) is 9.69 Å². The molecule has 0 aromatic heterocycles. The van der Waals surface area contributed by atoms with Crippen LogP contribution in [0.5, 0.6) is 11.5 Å². The van der Waals surface area contributed by atoms with Crippen molar-refractivity contribution in [3.63, 3.8) is 0 Å². The van der Waals surface area contributed by atoms with E-state index in [1.54, 1.807) is 19.2 Å². The standard InChI is InChI=1S/C26H33N3O3/c1-18-8-10-21(19(2)14-18)24-16-23(22-11-9-20(31-3)15-25(22)32-4)27-29(24)26(30)17-28-12-6-5-7-13-28/h8-11,14-15,24H,5-7,12-13,16-17H2,1-4H3/t24-/m1/s1. The van der Waals surface area contributed by atoms with Gasteiger partial charge in [-0.1, -0.05) is 30.2 Å². The van der Waals surface area contributed by atoms with Crippen molar-refractivity contribution in [3.8, 4) is 11.5 Å². The van der Waals surface area contributed by atoms with Gasteiger partial charge in [-0.25, -0.2) is 5.01 Å². The highest BCUT2D eigenvalue weighted by Gasteiger charge is 2.35. The molecular weight excluding hydrogens is 402 g/mol. The summed E-state index contributed by atoms with van der Waals surface area (Å²) in [5.41, 5.74) is 5.31. The lowest BCUT2D eigenvalue weighted by atomic mass is 9.94. The van der Waals surface area contributed by atoms with Crippen LogP contribution in [0.1, 0.15) is 54.0 Å². The van der Waals surface area contributed by atoms with Crippen molar-refractivity contribution in [2.75, 3.05) is 33.9 Å². The van der Waals surface area contributed by atoms with Gasteiger partial charge in [-0.15, -0.1) is 0 Å². The van der Waals surface area contributed by atoms with E-state index in [0.29, 0.717) is 18.7 Å². The highest BCUT2D eigenvalue weighted by molar-refractivity contribution is 6.05. The maximum absolute atomic E-state index is 13.4. The zero-order valence-electron chi connectivity index (χ0n) is 19.6. The SMILES string of the molecule is COc1ccc(C2=NN(C(=O)CN3CCCCC3)[C@@H](c3ccc(C)cc3C)C2)c(OC)c1. The first-order valence-corrected chi connectivity index (χ1v) is 11.4. The van der Waals surface area contributed by atoms with Gasteiger partial charge in [0.2, 0.25) is 0 Å². The molecule has 1 amide bonds. The van der Waals surface area contributed by atoms with E-state index in [4.69, 9.17) is 14.6 Å². The second-order valence-corrected chi connectivity index (χ2v) is 8.77. The number of aryl methyl sites for hydroxylation is 2. The molecule has 2 heterocycles. The Labute approximate surface area is 190 Å². The third-order valence-corrected chi connectivity index (χ3v) is 6.48. The first kappa shape index (κ1) is 22.3. The Hall–Kier alpha value is -2.86. The summed E-state index contributed by atoms with van der Waals surface area (Å²) in [5, 5.41) is 6.58. The molecule has 0 saturated carbocycles. The Kier molecular flexibility index (Phi) is 6.80. The number of hydrazone groups is 1. The van der Waals surface area contributed by atoms with Crippen LogP contribution in [0.2, 0.25) is 0 Å². The number of rotatable bonds is 6. The van der Waals surface area contributed by atoms with E-state index in [2.05, 4.69) is 36.9 Å². The average molecular weight is 436 g/mol. The fourth-order valence-electron chi connectivity index (χ4n) is 4.76. The summed E-state index contributed by atoms with van der Waals surface area (Å²) in [4.78, 5) is 15.7. The minimum absolute atomic E-state index is 0.0550. The Morgan fingerprint density at radius 3 is 2.50 bits per heavy atom. The van der Waals surface area contributed by atoms with Crippen LogP contribution in [0.15, 0.2) is 41.5 Å². The molecule has 0 radical (unpaired) electrons. The van der Waals surface area contributed by atoms with Crippen LogP contribution in [0.25, 0.3) is 0 Å². The fraction of sp³-hybridized carbons (Fsp3) is 0.462. The monoisotopic (exact) mass is 435 g/mol. The van der Waals surface area contributed by atoms with Gasteiger partial charge in [0.15, 0.2) is 0 Å². The fourth-order valence-corrected chi connectivity index (χ4v) is 4.76. The van der Waals surface area contributed by atoms with Gasteiger partial charge < -0.3 is 9.47 Å². The lowest BCUT2D eigenvalue weighted by Crippen LogP contribution is -2.40. The van der Waals surface area contributed by atoms with Crippen LogP contribution >= 0.6 is 0 Å². The number of hydrogen-bond acceptors (Lipinski definition) is 5. The van der Waals surface area contributed by atoms with Crippen molar-refractivity contribution < 1.29 is 14.3 Å². The molecule has 170 valence electrons. The minimum atomic E-state index is -0.116. The second-order valence-electron chi connectivity index (χ2n) is 8.77. The molecule has 1 atom stereocenters. The first-order valence-electron chi connectivity index (χ1n) is 11.4. The number of nitrogens with zero attached hydrogens (tertiary/aromatic N) is 3.